The quantitative estimate of drug-likeness (QED) is 0.864. The summed E-state index contributed by atoms with van der Waals surface area (Å²) in [5.41, 5.74) is 0.353. The van der Waals surface area contributed by atoms with Crippen LogP contribution in [0.2, 0.25) is 0 Å². The number of piperidine rings is 1. The normalized spacial score (nSPS) is 31.6. The zero-order valence-corrected chi connectivity index (χ0v) is 11.9. The molecule has 0 aliphatic carbocycles. The predicted molar refractivity (Wildman–Crippen MR) is 81.3 cm³/mol. The first-order valence-corrected chi connectivity index (χ1v) is 7.38. The SMILES string of the molecule is [2H]c1cc2[nH]c([2H])c(C(=O)OC3C[C@H]4CC[C@@H](C3)N4C)c2c([2H])c1[2H]. The van der Waals surface area contributed by atoms with Crippen LogP contribution >= 0.6 is 0 Å². The molecule has 1 unspecified atom stereocenters. The van der Waals surface area contributed by atoms with Gasteiger partial charge in [-0.3, -0.25) is 0 Å². The van der Waals surface area contributed by atoms with Crippen molar-refractivity contribution in [2.75, 3.05) is 7.05 Å². The Morgan fingerprint density at radius 2 is 2.14 bits per heavy atom. The van der Waals surface area contributed by atoms with Crippen molar-refractivity contribution in [1.82, 2.24) is 9.88 Å². The Hall–Kier alpha value is -1.81. The maximum absolute atomic E-state index is 12.7. The van der Waals surface area contributed by atoms with Gasteiger partial charge in [-0.25, -0.2) is 4.79 Å². The topological polar surface area (TPSA) is 45.3 Å². The number of hydrogen-bond donors (Lipinski definition) is 1. The van der Waals surface area contributed by atoms with E-state index in [4.69, 9.17) is 10.2 Å². The number of esters is 1. The van der Waals surface area contributed by atoms with Crippen molar-refractivity contribution in [2.24, 2.45) is 0 Å². The lowest BCUT2D eigenvalue weighted by molar-refractivity contribution is -0.000258. The first-order chi connectivity index (χ1) is 11.9. The van der Waals surface area contributed by atoms with Gasteiger partial charge in [0.1, 0.15) is 6.10 Å². The first kappa shape index (κ1) is 9.26. The maximum atomic E-state index is 12.7. The van der Waals surface area contributed by atoms with E-state index in [1.165, 1.54) is 6.07 Å². The highest BCUT2D eigenvalue weighted by molar-refractivity contribution is 6.04. The third kappa shape index (κ3) is 2.14. The molecule has 4 rings (SSSR count). The first-order valence-electron chi connectivity index (χ1n) is 9.38. The van der Waals surface area contributed by atoms with Crippen LogP contribution in [0.4, 0.5) is 0 Å². The molecule has 3 atom stereocenters. The summed E-state index contributed by atoms with van der Waals surface area (Å²) in [5, 5.41) is 0.201. The second-order valence-corrected chi connectivity index (χ2v) is 6.00. The molecule has 1 N–H and O–H groups in total. The fraction of sp³-hybridized carbons (Fsp3) is 0.471. The van der Waals surface area contributed by atoms with Gasteiger partial charge in [-0.2, -0.15) is 0 Å². The molecule has 4 nitrogen and oxygen atoms in total. The second-order valence-electron chi connectivity index (χ2n) is 6.00. The van der Waals surface area contributed by atoms with Gasteiger partial charge in [0.25, 0.3) is 0 Å². The summed E-state index contributed by atoms with van der Waals surface area (Å²) in [5.74, 6) is -0.615. The van der Waals surface area contributed by atoms with Gasteiger partial charge in [0.05, 0.1) is 11.0 Å². The third-order valence-electron chi connectivity index (χ3n) is 4.85. The molecule has 0 spiro atoms. The number of nitrogens with one attached hydrogen (secondary N) is 1. The molecular weight excluding hydrogens is 264 g/mol. The summed E-state index contributed by atoms with van der Waals surface area (Å²) >= 11 is 0. The lowest BCUT2D eigenvalue weighted by Crippen LogP contribution is -2.43. The van der Waals surface area contributed by atoms with E-state index in [1.54, 1.807) is 0 Å². The van der Waals surface area contributed by atoms with E-state index in [1.807, 2.05) is 0 Å². The number of hydrogen-bond acceptors (Lipinski definition) is 3. The fourth-order valence-electron chi connectivity index (χ4n) is 3.66. The monoisotopic (exact) mass is 288 g/mol. The molecule has 0 amide bonds. The average Bonchev–Trinajstić information content (AvgIpc) is 2.97. The number of carbonyl (C=O) groups excluding carboxylic acids is 1. The number of benzene rings is 1. The van der Waals surface area contributed by atoms with Crippen molar-refractivity contribution in [3.8, 4) is 0 Å². The predicted octanol–water partition coefficient (Wildman–Crippen LogP) is 2.95. The van der Waals surface area contributed by atoms with Crippen LogP contribution in [0.3, 0.4) is 0 Å². The number of ether oxygens (including phenoxy) is 1. The summed E-state index contributed by atoms with van der Waals surface area (Å²) in [6.45, 7) is 0. The van der Waals surface area contributed by atoms with Crippen LogP contribution < -0.4 is 0 Å². The molecule has 2 aliphatic heterocycles. The Morgan fingerprint density at radius 3 is 2.90 bits per heavy atom. The van der Waals surface area contributed by atoms with Gasteiger partial charge < -0.3 is 14.6 Å². The minimum atomic E-state index is -0.615. The van der Waals surface area contributed by atoms with Crippen molar-refractivity contribution in [2.45, 2.75) is 43.9 Å². The highest BCUT2D eigenvalue weighted by Gasteiger charge is 2.40. The van der Waals surface area contributed by atoms with Crippen LogP contribution in [0.1, 0.15) is 41.5 Å². The summed E-state index contributed by atoms with van der Waals surface area (Å²) in [4.78, 5) is 17.8. The molecule has 1 aromatic heterocycles. The largest absolute Gasteiger partial charge is 0.459 e. The van der Waals surface area contributed by atoms with E-state index in [-0.39, 0.29) is 41.4 Å². The summed E-state index contributed by atoms with van der Waals surface area (Å²) in [6.07, 6.45) is 3.53. The molecule has 1 aromatic carbocycles. The van der Waals surface area contributed by atoms with E-state index in [9.17, 15) is 4.79 Å². The van der Waals surface area contributed by atoms with Crippen LogP contribution in [0.15, 0.2) is 30.4 Å². The highest BCUT2D eigenvalue weighted by atomic mass is 16.5. The number of fused-ring (bicyclic) bond motifs is 3. The Bertz CT molecular complexity index is 852. The molecule has 2 aromatic rings. The van der Waals surface area contributed by atoms with Gasteiger partial charge in [0.15, 0.2) is 0 Å². The Morgan fingerprint density at radius 1 is 1.38 bits per heavy atom. The van der Waals surface area contributed by atoms with Crippen molar-refractivity contribution in [3.63, 3.8) is 0 Å². The molecule has 4 heteroatoms. The fourth-order valence-corrected chi connectivity index (χ4v) is 3.66. The van der Waals surface area contributed by atoms with Crippen molar-refractivity contribution >= 4 is 16.9 Å². The molecule has 110 valence electrons. The van der Waals surface area contributed by atoms with E-state index in [2.05, 4.69) is 16.9 Å². The molecule has 2 aliphatic rings. The lowest BCUT2D eigenvalue weighted by atomic mass is 10.0. The average molecular weight is 288 g/mol. The minimum absolute atomic E-state index is 0.000208. The molecule has 2 fully saturated rings. The van der Waals surface area contributed by atoms with Crippen LogP contribution in [0.25, 0.3) is 10.9 Å². The third-order valence-corrected chi connectivity index (χ3v) is 4.85. The van der Waals surface area contributed by atoms with E-state index in [0.717, 1.165) is 25.7 Å². The molecule has 0 radical (unpaired) electrons. The molecule has 3 heterocycles. The molecule has 0 saturated carbocycles. The summed E-state index contributed by atoms with van der Waals surface area (Å²) in [6, 6.07) is 1.68. The Kier molecular flexibility index (Phi) is 2.15. The van der Waals surface area contributed by atoms with Gasteiger partial charge in [-0.1, -0.05) is 18.1 Å². The summed E-state index contributed by atoms with van der Waals surface area (Å²) in [7, 11) is 2.11. The smallest absolute Gasteiger partial charge is 0.340 e. The van der Waals surface area contributed by atoms with Crippen LogP contribution in [0.5, 0.6) is 0 Å². The molecule has 2 bridgehead atoms. The Labute approximate surface area is 129 Å². The van der Waals surface area contributed by atoms with Crippen molar-refractivity contribution < 1.29 is 15.0 Å². The van der Waals surface area contributed by atoms with Crippen LogP contribution in [0, 0.1) is 0 Å². The maximum Gasteiger partial charge on any atom is 0.340 e. The van der Waals surface area contributed by atoms with Gasteiger partial charge in [0, 0.05) is 42.0 Å². The number of rotatable bonds is 2. The highest BCUT2D eigenvalue weighted by Crippen LogP contribution is 2.35. The second kappa shape index (κ2) is 4.88. The van der Waals surface area contributed by atoms with Crippen molar-refractivity contribution in [3.05, 3.63) is 35.9 Å². The van der Waals surface area contributed by atoms with Crippen LogP contribution in [-0.2, 0) is 4.74 Å². The van der Waals surface area contributed by atoms with Crippen molar-refractivity contribution in [1.29, 1.82) is 0 Å². The van der Waals surface area contributed by atoms with E-state index >= 15 is 0 Å². The Balaban J connectivity index is 1.65. The zero-order chi connectivity index (χ0) is 17.9. The minimum Gasteiger partial charge on any atom is -0.459 e. The summed E-state index contributed by atoms with van der Waals surface area (Å²) < 4.78 is 37.3. The molecular formula is C17H20N2O2. The number of para-hydroxylation sites is 1. The standard InChI is InChI=1S/C17H20N2O2/c1-19-11-6-7-12(19)9-13(8-11)21-17(20)15-10-18-16-5-3-2-4-14(15)16/h2-5,10-13,18H,6-9H2,1H3/t11-,12+,13?/i2D,3D,4D,10D. The number of nitrogens with zero attached hydrogens (tertiary/aromatic N) is 1. The van der Waals surface area contributed by atoms with E-state index in [0.29, 0.717) is 17.6 Å². The molecule has 21 heavy (non-hydrogen) atoms. The molecule has 2 saturated heterocycles. The lowest BCUT2D eigenvalue weighted by Gasteiger charge is -2.35. The van der Waals surface area contributed by atoms with Crippen LogP contribution in [-0.4, -0.2) is 41.1 Å². The van der Waals surface area contributed by atoms with Gasteiger partial charge in [-0.05, 0) is 26.0 Å². The van der Waals surface area contributed by atoms with E-state index < -0.39 is 5.97 Å². The number of aromatic nitrogens is 1. The van der Waals surface area contributed by atoms with Gasteiger partial charge in [-0.15, -0.1) is 0 Å². The van der Waals surface area contributed by atoms with Gasteiger partial charge >= 0.3 is 5.97 Å². The number of aromatic amines is 1. The zero-order valence-electron chi connectivity index (χ0n) is 15.9. The number of H-pyrrole nitrogens is 1. The number of carbonyl (C=O) groups is 1. The van der Waals surface area contributed by atoms with Gasteiger partial charge in [0.2, 0.25) is 0 Å².